The third-order valence-corrected chi connectivity index (χ3v) is 2.28. The molecule has 0 saturated carbocycles. The Morgan fingerprint density at radius 1 is 0.778 bits per heavy atom. The standard InChI is InChI=1S/C12H14N4O2/c17-15-9-3-1-5-11(15)13-7-8-14-12-6-2-4-10-16(12)18/h1-6,9-10,17-18H,7-8H2. The minimum Gasteiger partial charge on any atom is -0.427 e. The Balaban J connectivity index is 2.07. The fourth-order valence-corrected chi connectivity index (χ4v) is 1.43. The number of rotatable bonds is 3. The molecule has 0 aliphatic carbocycles. The van der Waals surface area contributed by atoms with Gasteiger partial charge in [-0.1, -0.05) is 12.1 Å². The van der Waals surface area contributed by atoms with Crippen LogP contribution in [0.2, 0.25) is 0 Å². The summed E-state index contributed by atoms with van der Waals surface area (Å²) in [5, 5.41) is 18.8. The molecule has 18 heavy (non-hydrogen) atoms. The van der Waals surface area contributed by atoms with Crippen LogP contribution in [0.5, 0.6) is 0 Å². The molecule has 6 nitrogen and oxygen atoms in total. The number of nitrogens with zero attached hydrogens (tertiary/aromatic N) is 4. The van der Waals surface area contributed by atoms with Gasteiger partial charge in [0.05, 0.1) is 13.1 Å². The first-order chi connectivity index (χ1) is 8.77. The van der Waals surface area contributed by atoms with Gasteiger partial charge in [-0.15, -0.1) is 0 Å². The molecule has 0 saturated heterocycles. The summed E-state index contributed by atoms with van der Waals surface area (Å²) in [7, 11) is 0. The van der Waals surface area contributed by atoms with Crippen LogP contribution < -0.4 is 11.0 Å². The number of hydrogen-bond acceptors (Lipinski definition) is 4. The van der Waals surface area contributed by atoms with Gasteiger partial charge in [0.2, 0.25) is 0 Å². The highest BCUT2D eigenvalue weighted by Gasteiger charge is 1.88. The van der Waals surface area contributed by atoms with E-state index in [9.17, 15) is 10.4 Å². The molecule has 2 aromatic rings. The fraction of sp³-hybridized carbons (Fsp3) is 0.167. The average molecular weight is 246 g/mol. The van der Waals surface area contributed by atoms with E-state index in [4.69, 9.17) is 0 Å². The zero-order chi connectivity index (χ0) is 12.8. The molecule has 0 radical (unpaired) electrons. The maximum atomic E-state index is 9.42. The van der Waals surface area contributed by atoms with Crippen molar-refractivity contribution in [2.24, 2.45) is 9.98 Å². The van der Waals surface area contributed by atoms with Crippen LogP contribution in [0.4, 0.5) is 0 Å². The van der Waals surface area contributed by atoms with Crippen molar-refractivity contribution in [3.63, 3.8) is 0 Å². The second kappa shape index (κ2) is 5.72. The Kier molecular flexibility index (Phi) is 3.80. The van der Waals surface area contributed by atoms with Crippen LogP contribution in [-0.4, -0.2) is 33.0 Å². The fourth-order valence-electron chi connectivity index (χ4n) is 1.43. The zero-order valence-electron chi connectivity index (χ0n) is 9.72. The van der Waals surface area contributed by atoms with E-state index < -0.39 is 0 Å². The van der Waals surface area contributed by atoms with E-state index in [2.05, 4.69) is 9.98 Å². The summed E-state index contributed by atoms with van der Waals surface area (Å²) in [6.07, 6.45) is 3.02. The highest BCUT2D eigenvalue weighted by Crippen LogP contribution is 1.79. The normalized spacial score (nSPS) is 12.9. The Labute approximate surface area is 103 Å². The van der Waals surface area contributed by atoms with E-state index in [1.54, 1.807) is 36.4 Å². The monoisotopic (exact) mass is 246 g/mol. The summed E-state index contributed by atoms with van der Waals surface area (Å²) < 4.78 is 1.91. The van der Waals surface area contributed by atoms with Crippen molar-refractivity contribution in [2.45, 2.75) is 0 Å². The maximum absolute atomic E-state index is 9.42. The molecule has 0 unspecified atom stereocenters. The van der Waals surface area contributed by atoms with Gasteiger partial charge in [-0.3, -0.25) is 9.98 Å². The van der Waals surface area contributed by atoms with Crippen molar-refractivity contribution in [3.8, 4) is 0 Å². The van der Waals surface area contributed by atoms with Gasteiger partial charge in [-0.2, -0.15) is 9.46 Å². The van der Waals surface area contributed by atoms with Crippen molar-refractivity contribution in [1.82, 2.24) is 9.46 Å². The minimum atomic E-state index is 0.430. The van der Waals surface area contributed by atoms with Crippen LogP contribution in [0.15, 0.2) is 58.8 Å². The Hall–Kier alpha value is -2.50. The van der Waals surface area contributed by atoms with Crippen molar-refractivity contribution in [2.75, 3.05) is 13.1 Å². The molecule has 2 N–H and O–H groups in total. The van der Waals surface area contributed by atoms with E-state index >= 15 is 0 Å². The predicted octanol–water partition coefficient (Wildman–Crippen LogP) is 0.266. The summed E-state index contributed by atoms with van der Waals surface area (Å²) in [6, 6.07) is 10.4. The van der Waals surface area contributed by atoms with Gasteiger partial charge < -0.3 is 10.4 Å². The van der Waals surface area contributed by atoms with Crippen molar-refractivity contribution < 1.29 is 10.4 Å². The molecule has 0 atom stereocenters. The SMILES string of the molecule is On1ccccc1=NCCN=c1ccccn1O. The lowest BCUT2D eigenvalue weighted by atomic mass is 10.5. The molecule has 0 amide bonds. The number of pyridine rings is 2. The van der Waals surface area contributed by atoms with Crippen LogP contribution in [0.3, 0.4) is 0 Å². The molecule has 94 valence electrons. The molecule has 0 aliphatic rings. The van der Waals surface area contributed by atoms with E-state index in [0.29, 0.717) is 24.1 Å². The summed E-state index contributed by atoms with van der Waals surface area (Å²) in [6.45, 7) is 0.860. The Bertz CT molecular complexity index is 585. The topological polar surface area (TPSA) is 75.0 Å². The van der Waals surface area contributed by atoms with Crippen molar-refractivity contribution in [1.29, 1.82) is 0 Å². The average Bonchev–Trinajstić information content (AvgIpc) is 2.38. The lowest BCUT2D eigenvalue weighted by molar-refractivity contribution is 0.170. The van der Waals surface area contributed by atoms with Gasteiger partial charge in [0.15, 0.2) is 11.0 Å². The summed E-state index contributed by atoms with van der Waals surface area (Å²) in [5.74, 6) is 0. The van der Waals surface area contributed by atoms with E-state index in [1.165, 1.54) is 12.4 Å². The van der Waals surface area contributed by atoms with Gasteiger partial charge in [0.25, 0.3) is 0 Å². The van der Waals surface area contributed by atoms with Crippen molar-refractivity contribution in [3.05, 3.63) is 59.8 Å². The molecular formula is C12H14N4O2. The first kappa shape index (κ1) is 12.0. The smallest absolute Gasteiger partial charge is 0.163 e. The van der Waals surface area contributed by atoms with E-state index in [-0.39, 0.29) is 0 Å². The van der Waals surface area contributed by atoms with Gasteiger partial charge in [-0.25, -0.2) is 0 Å². The molecule has 2 aromatic heterocycles. The number of aromatic nitrogens is 2. The number of hydrogen-bond donors (Lipinski definition) is 2. The van der Waals surface area contributed by atoms with Crippen LogP contribution in [0.1, 0.15) is 0 Å². The van der Waals surface area contributed by atoms with Gasteiger partial charge in [0, 0.05) is 12.4 Å². The third kappa shape index (κ3) is 3.00. The summed E-state index contributed by atoms with van der Waals surface area (Å²) in [4.78, 5) is 8.36. The largest absolute Gasteiger partial charge is 0.427 e. The first-order valence-electron chi connectivity index (χ1n) is 5.52. The first-order valence-corrected chi connectivity index (χ1v) is 5.52. The highest BCUT2D eigenvalue weighted by molar-refractivity contribution is 4.91. The molecule has 0 aromatic carbocycles. The summed E-state index contributed by atoms with van der Waals surface area (Å²) in [5.41, 5.74) is 0.940. The molecule has 6 heteroatoms. The quantitative estimate of drug-likeness (QED) is 0.602. The van der Waals surface area contributed by atoms with Crippen LogP contribution in [0.25, 0.3) is 0 Å². The molecule has 2 heterocycles. The second-order valence-electron chi connectivity index (χ2n) is 3.57. The lowest BCUT2D eigenvalue weighted by Crippen LogP contribution is -2.19. The molecule has 2 rings (SSSR count). The molecule has 0 aliphatic heterocycles. The highest BCUT2D eigenvalue weighted by atomic mass is 16.5. The van der Waals surface area contributed by atoms with Gasteiger partial charge in [0.1, 0.15) is 0 Å². The lowest BCUT2D eigenvalue weighted by Gasteiger charge is -1.97. The molecule has 0 fully saturated rings. The van der Waals surface area contributed by atoms with E-state index in [0.717, 1.165) is 9.46 Å². The Morgan fingerprint density at radius 3 is 1.61 bits per heavy atom. The molecule has 0 bridgehead atoms. The zero-order valence-corrected chi connectivity index (χ0v) is 9.72. The maximum Gasteiger partial charge on any atom is 0.163 e. The molecule has 0 spiro atoms. The van der Waals surface area contributed by atoms with Gasteiger partial charge in [-0.05, 0) is 24.3 Å². The molecular weight excluding hydrogens is 232 g/mol. The van der Waals surface area contributed by atoms with Crippen LogP contribution >= 0.6 is 0 Å². The second-order valence-corrected chi connectivity index (χ2v) is 3.57. The Morgan fingerprint density at radius 2 is 1.22 bits per heavy atom. The van der Waals surface area contributed by atoms with E-state index in [1.807, 2.05) is 0 Å². The minimum absolute atomic E-state index is 0.430. The summed E-state index contributed by atoms with van der Waals surface area (Å²) >= 11 is 0. The van der Waals surface area contributed by atoms with Crippen molar-refractivity contribution >= 4 is 0 Å². The van der Waals surface area contributed by atoms with Crippen LogP contribution in [-0.2, 0) is 0 Å². The van der Waals surface area contributed by atoms with Gasteiger partial charge >= 0.3 is 0 Å². The predicted molar refractivity (Wildman–Crippen MR) is 64.1 cm³/mol. The third-order valence-electron chi connectivity index (χ3n) is 2.28. The van der Waals surface area contributed by atoms with Crippen LogP contribution in [0, 0.1) is 0 Å².